The maximum atomic E-state index is 10.8. The van der Waals surface area contributed by atoms with Gasteiger partial charge in [-0.15, -0.1) is 0 Å². The van der Waals surface area contributed by atoms with Gasteiger partial charge in [0.1, 0.15) is 6.04 Å². The fourth-order valence-corrected chi connectivity index (χ4v) is 1.92. The Balaban J connectivity index is 2.54. The van der Waals surface area contributed by atoms with Crippen molar-refractivity contribution in [2.75, 3.05) is 19.7 Å². The average Bonchev–Trinajstić information content (AvgIpc) is 2.41. The number of rotatable bonds is 3. The molecule has 1 aliphatic heterocycles. The number of carboxylic acid groups (broad SMARTS) is 1. The van der Waals surface area contributed by atoms with Gasteiger partial charge in [0.15, 0.2) is 0 Å². The molecule has 1 fully saturated rings. The van der Waals surface area contributed by atoms with Gasteiger partial charge in [0.2, 0.25) is 0 Å². The third-order valence-electron chi connectivity index (χ3n) is 2.96. The monoisotopic (exact) mass is 201 g/mol. The molecule has 0 aliphatic carbocycles. The number of hydrogen-bond donors (Lipinski definition) is 2. The van der Waals surface area contributed by atoms with Crippen molar-refractivity contribution in [3.63, 3.8) is 0 Å². The Morgan fingerprint density at radius 3 is 2.86 bits per heavy atom. The van der Waals surface area contributed by atoms with E-state index >= 15 is 0 Å². The molecular weight excluding hydrogens is 182 g/mol. The third-order valence-corrected chi connectivity index (χ3v) is 2.96. The highest BCUT2D eigenvalue weighted by atomic mass is 16.4. The number of aliphatic hydroxyl groups excluding tert-OH is 1. The first-order valence-electron chi connectivity index (χ1n) is 5.23. The summed E-state index contributed by atoms with van der Waals surface area (Å²) >= 11 is 0. The first-order chi connectivity index (χ1) is 6.65. The summed E-state index contributed by atoms with van der Waals surface area (Å²) in [7, 11) is 0. The fraction of sp³-hybridized carbons (Fsp3) is 0.900. The van der Waals surface area contributed by atoms with Crippen molar-refractivity contribution in [2.45, 2.75) is 32.2 Å². The lowest BCUT2D eigenvalue weighted by molar-refractivity contribution is -0.142. The van der Waals surface area contributed by atoms with E-state index < -0.39 is 12.0 Å². The Hall–Kier alpha value is -0.610. The predicted octanol–water partition coefficient (Wildman–Crippen LogP) is 0.554. The molecular formula is C10H19NO3. The molecule has 0 radical (unpaired) electrons. The molecule has 0 aromatic heterocycles. The molecule has 2 atom stereocenters. The van der Waals surface area contributed by atoms with Crippen molar-refractivity contribution in [3.05, 3.63) is 0 Å². The molecule has 1 saturated heterocycles. The van der Waals surface area contributed by atoms with Crippen molar-refractivity contribution in [1.29, 1.82) is 0 Å². The molecule has 4 heteroatoms. The van der Waals surface area contributed by atoms with Crippen LogP contribution in [0.15, 0.2) is 0 Å². The van der Waals surface area contributed by atoms with E-state index in [4.69, 9.17) is 10.2 Å². The van der Waals surface area contributed by atoms with Gasteiger partial charge in [-0.05, 0) is 32.2 Å². The maximum absolute atomic E-state index is 10.8. The second-order valence-corrected chi connectivity index (χ2v) is 4.05. The summed E-state index contributed by atoms with van der Waals surface area (Å²) < 4.78 is 0. The lowest BCUT2D eigenvalue weighted by Crippen LogP contribution is -2.41. The van der Waals surface area contributed by atoms with Crippen molar-refractivity contribution in [2.24, 2.45) is 5.92 Å². The minimum Gasteiger partial charge on any atom is -0.480 e. The molecule has 0 amide bonds. The van der Waals surface area contributed by atoms with Crippen LogP contribution in [0.3, 0.4) is 0 Å². The molecule has 0 aromatic carbocycles. The highest BCUT2D eigenvalue weighted by Crippen LogP contribution is 2.17. The zero-order valence-corrected chi connectivity index (χ0v) is 8.65. The second kappa shape index (κ2) is 5.32. The number of hydrogen-bond acceptors (Lipinski definition) is 3. The van der Waals surface area contributed by atoms with Crippen molar-refractivity contribution in [1.82, 2.24) is 4.90 Å². The minimum atomic E-state index is -0.774. The van der Waals surface area contributed by atoms with Crippen LogP contribution in [0.2, 0.25) is 0 Å². The van der Waals surface area contributed by atoms with E-state index in [2.05, 4.69) is 0 Å². The summed E-state index contributed by atoms with van der Waals surface area (Å²) in [5, 5.41) is 18.0. The van der Waals surface area contributed by atoms with E-state index in [9.17, 15) is 4.79 Å². The quantitative estimate of drug-likeness (QED) is 0.700. The Kier molecular flexibility index (Phi) is 4.35. The standard InChI is InChI=1S/C10H19NO3/c1-8(10(13)14)11-5-3-2-4-9(6-11)7-12/h8-9,12H,2-7H2,1H3,(H,13,14). The molecule has 1 heterocycles. The third kappa shape index (κ3) is 2.96. The first-order valence-corrected chi connectivity index (χ1v) is 5.23. The van der Waals surface area contributed by atoms with E-state index in [0.717, 1.165) is 25.8 Å². The molecule has 2 N–H and O–H groups in total. The van der Waals surface area contributed by atoms with Crippen LogP contribution in [-0.4, -0.2) is 46.8 Å². The summed E-state index contributed by atoms with van der Waals surface area (Å²) in [4.78, 5) is 12.8. The first kappa shape index (κ1) is 11.5. The number of likely N-dealkylation sites (tertiary alicyclic amines) is 1. The summed E-state index contributed by atoms with van der Waals surface area (Å²) in [6, 6.07) is -0.429. The van der Waals surface area contributed by atoms with Crippen LogP contribution in [-0.2, 0) is 4.79 Å². The Bertz CT molecular complexity index is 196. The van der Waals surface area contributed by atoms with E-state index in [-0.39, 0.29) is 12.5 Å². The fourth-order valence-electron chi connectivity index (χ4n) is 1.92. The predicted molar refractivity (Wildman–Crippen MR) is 53.1 cm³/mol. The molecule has 2 unspecified atom stereocenters. The summed E-state index contributed by atoms with van der Waals surface area (Å²) in [6.45, 7) is 3.43. The number of carboxylic acids is 1. The molecule has 14 heavy (non-hydrogen) atoms. The minimum absolute atomic E-state index is 0.169. The maximum Gasteiger partial charge on any atom is 0.320 e. The van der Waals surface area contributed by atoms with Gasteiger partial charge < -0.3 is 10.2 Å². The number of aliphatic carboxylic acids is 1. The SMILES string of the molecule is CC(C(=O)O)N1CCCCC(CO)C1. The highest BCUT2D eigenvalue weighted by Gasteiger charge is 2.25. The molecule has 1 rings (SSSR count). The Morgan fingerprint density at radius 2 is 2.29 bits per heavy atom. The zero-order chi connectivity index (χ0) is 10.6. The molecule has 0 aromatic rings. The normalized spacial score (nSPS) is 26.9. The second-order valence-electron chi connectivity index (χ2n) is 4.05. The van der Waals surface area contributed by atoms with E-state index in [1.807, 2.05) is 4.90 Å². The molecule has 1 aliphatic rings. The molecule has 0 saturated carbocycles. The summed E-state index contributed by atoms with van der Waals surface area (Å²) in [6.07, 6.45) is 3.14. The molecule has 0 bridgehead atoms. The van der Waals surface area contributed by atoms with Gasteiger partial charge in [0, 0.05) is 13.2 Å². The largest absolute Gasteiger partial charge is 0.480 e. The van der Waals surface area contributed by atoms with Gasteiger partial charge in [-0.2, -0.15) is 0 Å². The lowest BCUT2D eigenvalue weighted by atomic mass is 10.0. The lowest BCUT2D eigenvalue weighted by Gasteiger charge is -2.26. The van der Waals surface area contributed by atoms with Crippen LogP contribution in [0, 0.1) is 5.92 Å². The van der Waals surface area contributed by atoms with E-state index in [1.54, 1.807) is 6.92 Å². The average molecular weight is 201 g/mol. The van der Waals surface area contributed by atoms with Gasteiger partial charge in [0.05, 0.1) is 0 Å². The van der Waals surface area contributed by atoms with Crippen LogP contribution in [0.4, 0.5) is 0 Å². The van der Waals surface area contributed by atoms with Gasteiger partial charge >= 0.3 is 5.97 Å². The number of nitrogens with zero attached hydrogens (tertiary/aromatic N) is 1. The van der Waals surface area contributed by atoms with Crippen molar-refractivity contribution in [3.8, 4) is 0 Å². The van der Waals surface area contributed by atoms with Crippen LogP contribution >= 0.6 is 0 Å². The van der Waals surface area contributed by atoms with Gasteiger partial charge in [-0.3, -0.25) is 9.69 Å². The molecule has 82 valence electrons. The van der Waals surface area contributed by atoms with Crippen LogP contribution in [0.25, 0.3) is 0 Å². The zero-order valence-electron chi connectivity index (χ0n) is 8.65. The van der Waals surface area contributed by atoms with Gasteiger partial charge in [0.25, 0.3) is 0 Å². The van der Waals surface area contributed by atoms with Gasteiger partial charge in [-0.25, -0.2) is 0 Å². The smallest absolute Gasteiger partial charge is 0.320 e. The van der Waals surface area contributed by atoms with E-state index in [1.165, 1.54) is 0 Å². The van der Waals surface area contributed by atoms with Crippen molar-refractivity contribution >= 4 is 5.97 Å². The Morgan fingerprint density at radius 1 is 1.57 bits per heavy atom. The van der Waals surface area contributed by atoms with Gasteiger partial charge in [-0.1, -0.05) is 6.42 Å². The summed E-state index contributed by atoms with van der Waals surface area (Å²) in [5.41, 5.74) is 0. The molecule has 0 spiro atoms. The highest BCUT2D eigenvalue weighted by molar-refractivity contribution is 5.72. The number of carbonyl (C=O) groups is 1. The van der Waals surface area contributed by atoms with Crippen LogP contribution in [0.5, 0.6) is 0 Å². The van der Waals surface area contributed by atoms with Crippen LogP contribution in [0.1, 0.15) is 26.2 Å². The van der Waals surface area contributed by atoms with Crippen molar-refractivity contribution < 1.29 is 15.0 Å². The molecule has 4 nitrogen and oxygen atoms in total. The topological polar surface area (TPSA) is 60.8 Å². The van der Waals surface area contributed by atoms with E-state index in [0.29, 0.717) is 6.54 Å². The summed E-state index contributed by atoms with van der Waals surface area (Å²) in [5.74, 6) is -0.525. The number of aliphatic hydroxyl groups is 1. The Labute approximate surface area is 84.5 Å². The van der Waals surface area contributed by atoms with Crippen LogP contribution < -0.4 is 0 Å².